The van der Waals surface area contributed by atoms with Crippen molar-refractivity contribution in [3.05, 3.63) is 41.3 Å². The number of nitrogens with one attached hydrogen (secondary N) is 1. The van der Waals surface area contributed by atoms with Crippen LogP contribution in [0.4, 0.5) is 5.69 Å². The summed E-state index contributed by atoms with van der Waals surface area (Å²) in [5, 5.41) is 2.83. The molecular formula is C18H19NO4S. The predicted molar refractivity (Wildman–Crippen MR) is 93.3 cm³/mol. The lowest BCUT2D eigenvalue weighted by Crippen LogP contribution is -2.27. The van der Waals surface area contributed by atoms with Crippen LogP contribution >= 0.6 is 11.3 Å². The number of thiophene rings is 1. The Morgan fingerprint density at radius 1 is 1.33 bits per heavy atom. The van der Waals surface area contributed by atoms with E-state index in [0.29, 0.717) is 23.6 Å². The fourth-order valence-corrected chi connectivity index (χ4v) is 3.59. The Kier molecular flexibility index (Phi) is 5.27. The summed E-state index contributed by atoms with van der Waals surface area (Å²) in [6.07, 6.45) is 1.14. The largest absolute Gasteiger partial charge is 0.462 e. The van der Waals surface area contributed by atoms with Crippen molar-refractivity contribution >= 4 is 28.9 Å². The normalized spacial score (nSPS) is 16.8. The third-order valence-electron chi connectivity index (χ3n) is 3.73. The van der Waals surface area contributed by atoms with Crippen molar-refractivity contribution in [1.82, 2.24) is 0 Å². The molecule has 2 heterocycles. The molecule has 5 nitrogen and oxygen atoms in total. The van der Waals surface area contributed by atoms with Gasteiger partial charge in [0.05, 0.1) is 12.3 Å². The molecule has 126 valence electrons. The van der Waals surface area contributed by atoms with E-state index in [4.69, 9.17) is 9.47 Å². The average Bonchev–Trinajstić information content (AvgIpc) is 3.26. The fourth-order valence-electron chi connectivity index (χ4n) is 2.57. The van der Waals surface area contributed by atoms with Crippen molar-refractivity contribution in [3.63, 3.8) is 0 Å². The zero-order valence-corrected chi connectivity index (χ0v) is 14.2. The molecule has 24 heavy (non-hydrogen) atoms. The summed E-state index contributed by atoms with van der Waals surface area (Å²) in [6, 6.07) is 11.6. The van der Waals surface area contributed by atoms with Crippen LogP contribution in [0.15, 0.2) is 36.4 Å². The summed E-state index contributed by atoms with van der Waals surface area (Å²) in [5.74, 6) is -0.636. The second-order valence-electron chi connectivity index (χ2n) is 5.43. The number of carbonyl (C=O) groups excluding carboxylic acids is 2. The Hall–Kier alpha value is -2.18. The summed E-state index contributed by atoms with van der Waals surface area (Å²) in [7, 11) is 0. The number of ether oxygens (including phenoxy) is 2. The van der Waals surface area contributed by atoms with Gasteiger partial charge in [0.2, 0.25) is 0 Å². The minimum absolute atomic E-state index is 0.213. The van der Waals surface area contributed by atoms with Gasteiger partial charge in [-0.3, -0.25) is 4.79 Å². The molecular weight excluding hydrogens is 326 g/mol. The van der Waals surface area contributed by atoms with Gasteiger partial charge in [0.15, 0.2) is 0 Å². The first-order valence-corrected chi connectivity index (χ1v) is 8.79. The molecule has 0 saturated carbocycles. The monoisotopic (exact) mass is 345 g/mol. The van der Waals surface area contributed by atoms with E-state index in [1.54, 1.807) is 6.92 Å². The summed E-state index contributed by atoms with van der Waals surface area (Å²) in [6.45, 7) is 2.65. The van der Waals surface area contributed by atoms with Gasteiger partial charge in [-0.05, 0) is 31.4 Å². The van der Waals surface area contributed by atoms with E-state index < -0.39 is 12.1 Å². The molecule has 1 N–H and O–H groups in total. The predicted octanol–water partition coefficient (Wildman–Crippen LogP) is 3.71. The van der Waals surface area contributed by atoms with Gasteiger partial charge in [0, 0.05) is 11.5 Å². The summed E-state index contributed by atoms with van der Waals surface area (Å²) < 4.78 is 10.5. The van der Waals surface area contributed by atoms with Gasteiger partial charge in [0.25, 0.3) is 5.91 Å². The van der Waals surface area contributed by atoms with Crippen LogP contribution in [-0.4, -0.2) is 31.2 Å². The van der Waals surface area contributed by atoms with Crippen LogP contribution in [-0.2, 0) is 14.3 Å². The van der Waals surface area contributed by atoms with E-state index in [0.717, 1.165) is 16.9 Å². The summed E-state index contributed by atoms with van der Waals surface area (Å²) in [4.78, 5) is 25.8. The maximum atomic E-state index is 12.3. The Bertz CT molecular complexity index is 720. The third kappa shape index (κ3) is 3.66. The molecule has 3 rings (SSSR count). The zero-order chi connectivity index (χ0) is 16.9. The van der Waals surface area contributed by atoms with Crippen molar-refractivity contribution < 1.29 is 19.1 Å². The van der Waals surface area contributed by atoms with Gasteiger partial charge < -0.3 is 14.8 Å². The number of amides is 1. The molecule has 1 aliphatic rings. The van der Waals surface area contributed by atoms with E-state index >= 15 is 0 Å². The molecule has 0 aliphatic carbocycles. The van der Waals surface area contributed by atoms with Crippen LogP contribution < -0.4 is 5.32 Å². The number of rotatable bonds is 5. The SMILES string of the molecule is CCOC(=O)c1sc(-c2ccccc2)cc1NC(=O)C1CCCO1. The molecule has 1 aromatic heterocycles. The van der Waals surface area contributed by atoms with Gasteiger partial charge in [0.1, 0.15) is 11.0 Å². The van der Waals surface area contributed by atoms with Crippen LogP contribution in [0.25, 0.3) is 10.4 Å². The lowest BCUT2D eigenvalue weighted by atomic mass is 10.2. The van der Waals surface area contributed by atoms with Crippen molar-refractivity contribution in [2.75, 3.05) is 18.5 Å². The van der Waals surface area contributed by atoms with Crippen LogP contribution in [0, 0.1) is 0 Å². The zero-order valence-electron chi connectivity index (χ0n) is 13.4. The molecule has 1 unspecified atom stereocenters. The highest BCUT2D eigenvalue weighted by molar-refractivity contribution is 7.18. The van der Waals surface area contributed by atoms with E-state index in [1.807, 2.05) is 36.4 Å². The van der Waals surface area contributed by atoms with Crippen LogP contribution in [0.2, 0.25) is 0 Å². The third-order valence-corrected chi connectivity index (χ3v) is 4.90. The van der Waals surface area contributed by atoms with Gasteiger partial charge in [-0.15, -0.1) is 11.3 Å². The first-order valence-electron chi connectivity index (χ1n) is 7.98. The minimum Gasteiger partial charge on any atom is -0.462 e. The molecule has 6 heteroatoms. The van der Waals surface area contributed by atoms with Gasteiger partial charge in [-0.1, -0.05) is 30.3 Å². The first-order chi connectivity index (χ1) is 11.7. The Morgan fingerprint density at radius 3 is 2.79 bits per heavy atom. The van der Waals surface area contributed by atoms with Crippen LogP contribution in [0.1, 0.15) is 29.4 Å². The quantitative estimate of drug-likeness (QED) is 0.839. The van der Waals surface area contributed by atoms with Crippen molar-refractivity contribution in [3.8, 4) is 10.4 Å². The Labute approximate surface area is 144 Å². The van der Waals surface area contributed by atoms with E-state index in [1.165, 1.54) is 11.3 Å². The second kappa shape index (κ2) is 7.59. The van der Waals surface area contributed by atoms with Crippen molar-refractivity contribution in [1.29, 1.82) is 0 Å². The molecule has 1 aliphatic heterocycles. The van der Waals surface area contributed by atoms with E-state index in [2.05, 4.69) is 5.32 Å². The number of benzene rings is 1. The molecule has 1 amide bonds. The van der Waals surface area contributed by atoms with E-state index in [-0.39, 0.29) is 12.5 Å². The fraction of sp³-hybridized carbons (Fsp3) is 0.333. The summed E-state index contributed by atoms with van der Waals surface area (Å²) >= 11 is 1.32. The standard InChI is InChI=1S/C18H19NO4S/c1-2-22-18(21)16-13(19-17(20)14-9-6-10-23-14)11-15(24-16)12-7-4-3-5-8-12/h3-5,7-8,11,14H,2,6,9-10H2,1H3,(H,19,20). The molecule has 0 bridgehead atoms. The smallest absolute Gasteiger partial charge is 0.350 e. The second-order valence-corrected chi connectivity index (χ2v) is 6.48. The highest BCUT2D eigenvalue weighted by atomic mass is 32.1. The van der Waals surface area contributed by atoms with Gasteiger partial charge in [-0.25, -0.2) is 4.79 Å². The summed E-state index contributed by atoms with van der Waals surface area (Å²) in [5.41, 5.74) is 1.48. The van der Waals surface area contributed by atoms with Crippen molar-refractivity contribution in [2.24, 2.45) is 0 Å². The average molecular weight is 345 g/mol. The Morgan fingerprint density at radius 2 is 2.12 bits per heavy atom. The highest BCUT2D eigenvalue weighted by Crippen LogP contribution is 2.35. The molecule has 1 fully saturated rings. The number of hydrogen-bond donors (Lipinski definition) is 1. The lowest BCUT2D eigenvalue weighted by molar-refractivity contribution is -0.124. The maximum Gasteiger partial charge on any atom is 0.350 e. The first kappa shape index (κ1) is 16.7. The topological polar surface area (TPSA) is 64.6 Å². The van der Waals surface area contributed by atoms with Crippen LogP contribution in [0.3, 0.4) is 0 Å². The number of anilines is 1. The van der Waals surface area contributed by atoms with Crippen LogP contribution in [0.5, 0.6) is 0 Å². The minimum atomic E-state index is -0.444. The highest BCUT2D eigenvalue weighted by Gasteiger charge is 2.26. The molecule has 1 atom stereocenters. The molecule has 0 spiro atoms. The van der Waals surface area contributed by atoms with Gasteiger partial charge in [-0.2, -0.15) is 0 Å². The van der Waals surface area contributed by atoms with Gasteiger partial charge >= 0.3 is 5.97 Å². The molecule has 1 saturated heterocycles. The number of hydrogen-bond acceptors (Lipinski definition) is 5. The Balaban J connectivity index is 1.88. The maximum absolute atomic E-state index is 12.3. The molecule has 2 aromatic rings. The van der Waals surface area contributed by atoms with Crippen molar-refractivity contribution in [2.45, 2.75) is 25.9 Å². The lowest BCUT2D eigenvalue weighted by Gasteiger charge is -2.10. The molecule has 1 aromatic carbocycles. The molecule has 0 radical (unpaired) electrons. The van der Waals surface area contributed by atoms with E-state index in [9.17, 15) is 9.59 Å². The number of carbonyl (C=O) groups is 2. The number of esters is 1.